The highest BCUT2D eigenvalue weighted by molar-refractivity contribution is 9.10. The lowest BCUT2D eigenvalue weighted by atomic mass is 10.0. The largest absolute Gasteiger partial charge is 0.496 e. The molecule has 2 nitrogen and oxygen atoms in total. The van der Waals surface area contributed by atoms with Gasteiger partial charge in [-0.15, -0.1) is 0 Å². The Kier molecular flexibility index (Phi) is 5.69. The molecule has 0 unspecified atom stereocenters. The fourth-order valence-electron chi connectivity index (χ4n) is 1.68. The average Bonchev–Trinajstić information content (AvgIpc) is 2.29. The van der Waals surface area contributed by atoms with Crippen LogP contribution in [0.25, 0.3) is 0 Å². The van der Waals surface area contributed by atoms with Gasteiger partial charge < -0.3 is 4.74 Å². The van der Waals surface area contributed by atoms with Crippen LogP contribution in [0.15, 0.2) is 22.7 Å². The average molecular weight is 299 g/mol. The maximum absolute atomic E-state index is 11.5. The van der Waals surface area contributed by atoms with Gasteiger partial charge in [0.1, 0.15) is 11.5 Å². The fourth-order valence-corrected chi connectivity index (χ4v) is 2.09. The third-order valence-corrected chi connectivity index (χ3v) is 3.25. The third kappa shape index (κ3) is 4.50. The number of hydrogen-bond donors (Lipinski definition) is 0. The summed E-state index contributed by atoms with van der Waals surface area (Å²) >= 11 is 3.45. The molecular formula is C14H19BrO2. The van der Waals surface area contributed by atoms with Crippen LogP contribution in [0, 0.1) is 5.92 Å². The Hall–Kier alpha value is -0.830. The molecule has 0 heterocycles. The van der Waals surface area contributed by atoms with Crippen molar-refractivity contribution in [2.75, 3.05) is 7.11 Å². The van der Waals surface area contributed by atoms with E-state index in [0.717, 1.165) is 28.6 Å². The zero-order valence-electron chi connectivity index (χ0n) is 10.6. The van der Waals surface area contributed by atoms with Gasteiger partial charge in [-0.2, -0.15) is 0 Å². The molecule has 0 saturated carbocycles. The lowest BCUT2D eigenvalue weighted by Gasteiger charge is -2.09. The van der Waals surface area contributed by atoms with Crippen molar-refractivity contribution in [2.24, 2.45) is 5.92 Å². The van der Waals surface area contributed by atoms with Crippen molar-refractivity contribution in [3.63, 3.8) is 0 Å². The van der Waals surface area contributed by atoms with E-state index in [1.165, 1.54) is 0 Å². The normalized spacial score (nSPS) is 10.6. The van der Waals surface area contributed by atoms with Crippen LogP contribution in [-0.2, 0) is 11.2 Å². The van der Waals surface area contributed by atoms with Crippen LogP contribution in [0.4, 0.5) is 0 Å². The van der Waals surface area contributed by atoms with Crippen molar-refractivity contribution in [3.8, 4) is 5.75 Å². The predicted molar refractivity (Wildman–Crippen MR) is 73.5 cm³/mol. The predicted octanol–water partition coefficient (Wildman–Crippen LogP) is 4.01. The first-order chi connectivity index (χ1) is 8.04. The van der Waals surface area contributed by atoms with Crippen LogP contribution >= 0.6 is 15.9 Å². The molecule has 1 aromatic rings. The highest BCUT2D eigenvalue weighted by Crippen LogP contribution is 2.24. The van der Waals surface area contributed by atoms with Gasteiger partial charge in [0.25, 0.3) is 0 Å². The van der Waals surface area contributed by atoms with E-state index in [1.807, 2.05) is 26.0 Å². The Balaban J connectivity index is 2.56. The van der Waals surface area contributed by atoms with Crippen LogP contribution in [0.5, 0.6) is 5.75 Å². The minimum absolute atomic E-state index is 0.138. The minimum Gasteiger partial charge on any atom is -0.496 e. The highest BCUT2D eigenvalue weighted by Gasteiger charge is 2.08. The quantitative estimate of drug-likeness (QED) is 0.793. The summed E-state index contributed by atoms with van der Waals surface area (Å²) in [5.74, 6) is 1.36. The van der Waals surface area contributed by atoms with E-state index in [-0.39, 0.29) is 5.92 Å². The van der Waals surface area contributed by atoms with Crippen molar-refractivity contribution >= 4 is 21.7 Å². The standard InChI is InChI=1S/C14H19BrO2/c1-10(2)13(16)6-4-5-11-9-12(15)7-8-14(11)17-3/h7-10H,4-6H2,1-3H3. The Morgan fingerprint density at radius 2 is 2.12 bits per heavy atom. The number of hydrogen-bond acceptors (Lipinski definition) is 2. The van der Waals surface area contributed by atoms with E-state index in [2.05, 4.69) is 22.0 Å². The van der Waals surface area contributed by atoms with E-state index in [0.29, 0.717) is 12.2 Å². The zero-order chi connectivity index (χ0) is 12.8. The number of halogens is 1. The van der Waals surface area contributed by atoms with Crippen molar-refractivity contribution in [1.29, 1.82) is 0 Å². The summed E-state index contributed by atoms with van der Waals surface area (Å²) in [6, 6.07) is 5.96. The van der Waals surface area contributed by atoms with Crippen molar-refractivity contribution < 1.29 is 9.53 Å². The van der Waals surface area contributed by atoms with E-state index < -0.39 is 0 Å². The second-order valence-corrected chi connectivity index (χ2v) is 5.35. The van der Waals surface area contributed by atoms with Gasteiger partial charge in [-0.3, -0.25) is 4.79 Å². The van der Waals surface area contributed by atoms with Crippen LogP contribution in [0.3, 0.4) is 0 Å². The van der Waals surface area contributed by atoms with Crippen molar-refractivity contribution in [1.82, 2.24) is 0 Å². The number of benzene rings is 1. The number of carbonyl (C=O) groups excluding carboxylic acids is 1. The Labute approximate surface area is 111 Å². The highest BCUT2D eigenvalue weighted by atomic mass is 79.9. The number of methoxy groups -OCH3 is 1. The summed E-state index contributed by atoms with van der Waals surface area (Å²) in [5.41, 5.74) is 1.15. The van der Waals surface area contributed by atoms with E-state index in [1.54, 1.807) is 7.11 Å². The molecule has 0 aliphatic heterocycles. The molecule has 0 bridgehead atoms. The molecule has 0 fully saturated rings. The summed E-state index contributed by atoms with van der Waals surface area (Å²) < 4.78 is 6.34. The monoisotopic (exact) mass is 298 g/mol. The molecule has 1 rings (SSSR count). The molecular weight excluding hydrogens is 280 g/mol. The first-order valence-corrected chi connectivity index (χ1v) is 6.69. The summed E-state index contributed by atoms with van der Waals surface area (Å²) in [7, 11) is 1.67. The summed E-state index contributed by atoms with van der Waals surface area (Å²) in [5, 5.41) is 0. The molecule has 94 valence electrons. The molecule has 1 aromatic carbocycles. The first kappa shape index (κ1) is 14.2. The Morgan fingerprint density at radius 3 is 2.71 bits per heavy atom. The van der Waals surface area contributed by atoms with Gasteiger partial charge in [0, 0.05) is 16.8 Å². The second-order valence-electron chi connectivity index (χ2n) is 4.43. The van der Waals surface area contributed by atoms with E-state index in [4.69, 9.17) is 4.74 Å². The summed E-state index contributed by atoms with van der Waals surface area (Å²) in [4.78, 5) is 11.5. The first-order valence-electron chi connectivity index (χ1n) is 5.89. The Morgan fingerprint density at radius 1 is 1.41 bits per heavy atom. The Bertz CT molecular complexity index is 386. The molecule has 3 heteroatoms. The molecule has 0 radical (unpaired) electrons. The fraction of sp³-hybridized carbons (Fsp3) is 0.500. The van der Waals surface area contributed by atoms with Gasteiger partial charge in [0.05, 0.1) is 7.11 Å². The molecule has 0 N–H and O–H groups in total. The van der Waals surface area contributed by atoms with Gasteiger partial charge in [0.15, 0.2) is 0 Å². The van der Waals surface area contributed by atoms with Crippen LogP contribution in [0.1, 0.15) is 32.3 Å². The second kappa shape index (κ2) is 6.80. The maximum Gasteiger partial charge on any atom is 0.135 e. The van der Waals surface area contributed by atoms with Crippen molar-refractivity contribution in [2.45, 2.75) is 33.1 Å². The molecule has 17 heavy (non-hydrogen) atoms. The lowest BCUT2D eigenvalue weighted by molar-refractivity contribution is -0.121. The van der Waals surface area contributed by atoms with Crippen LogP contribution in [-0.4, -0.2) is 12.9 Å². The van der Waals surface area contributed by atoms with E-state index in [9.17, 15) is 4.79 Å². The van der Waals surface area contributed by atoms with Gasteiger partial charge >= 0.3 is 0 Å². The summed E-state index contributed by atoms with van der Waals surface area (Å²) in [6.07, 6.45) is 2.40. The molecule has 0 atom stereocenters. The molecule has 0 spiro atoms. The number of ketones is 1. The number of ether oxygens (including phenoxy) is 1. The number of Topliss-reactive ketones (excluding diaryl/α,β-unsaturated/α-hetero) is 1. The smallest absolute Gasteiger partial charge is 0.135 e. The lowest BCUT2D eigenvalue weighted by Crippen LogP contribution is -2.07. The molecule has 0 aliphatic carbocycles. The third-order valence-electron chi connectivity index (χ3n) is 2.76. The summed E-state index contributed by atoms with van der Waals surface area (Å²) in [6.45, 7) is 3.89. The van der Waals surface area contributed by atoms with Gasteiger partial charge in [-0.1, -0.05) is 29.8 Å². The molecule has 0 aliphatic rings. The maximum atomic E-state index is 11.5. The number of carbonyl (C=O) groups is 1. The van der Waals surface area contributed by atoms with Gasteiger partial charge in [-0.05, 0) is 36.6 Å². The number of aryl methyl sites for hydroxylation is 1. The SMILES string of the molecule is COc1ccc(Br)cc1CCCC(=O)C(C)C. The molecule has 0 amide bonds. The van der Waals surface area contributed by atoms with Gasteiger partial charge in [0.2, 0.25) is 0 Å². The molecule has 0 aromatic heterocycles. The number of rotatable bonds is 6. The van der Waals surface area contributed by atoms with Crippen molar-refractivity contribution in [3.05, 3.63) is 28.2 Å². The van der Waals surface area contributed by atoms with Gasteiger partial charge in [-0.25, -0.2) is 0 Å². The molecule has 0 saturated heterocycles. The minimum atomic E-state index is 0.138. The zero-order valence-corrected chi connectivity index (χ0v) is 12.2. The van der Waals surface area contributed by atoms with E-state index >= 15 is 0 Å². The van der Waals surface area contributed by atoms with Crippen LogP contribution < -0.4 is 4.74 Å². The topological polar surface area (TPSA) is 26.3 Å². The van der Waals surface area contributed by atoms with Crippen LogP contribution in [0.2, 0.25) is 0 Å².